The monoisotopic (exact) mass is 152 g/mol. The van der Waals surface area contributed by atoms with Crippen LogP contribution in [0.1, 0.15) is 31.3 Å². The van der Waals surface area contributed by atoms with Crippen LogP contribution in [0.15, 0.2) is 6.20 Å². The topological polar surface area (TPSA) is 64.7 Å². The van der Waals surface area contributed by atoms with Gasteiger partial charge in [0.1, 0.15) is 0 Å². The standard InChI is InChI=1S/C7H12N4/c1-5(2)6-4-9-11-7(3-8)10-6/h4-5H,3,8H2,1-2H3. The molecule has 0 bridgehead atoms. The third-order valence-corrected chi connectivity index (χ3v) is 1.40. The normalized spacial score (nSPS) is 10.5. The Balaban J connectivity index is 2.91. The van der Waals surface area contributed by atoms with Crippen molar-refractivity contribution in [1.29, 1.82) is 0 Å². The summed E-state index contributed by atoms with van der Waals surface area (Å²) in [6, 6.07) is 0. The first kappa shape index (κ1) is 8.07. The van der Waals surface area contributed by atoms with Crippen LogP contribution in [0, 0.1) is 0 Å². The minimum atomic E-state index is 0.355. The van der Waals surface area contributed by atoms with Gasteiger partial charge in [-0.2, -0.15) is 5.10 Å². The molecular weight excluding hydrogens is 140 g/mol. The summed E-state index contributed by atoms with van der Waals surface area (Å²) in [7, 11) is 0. The molecule has 0 fully saturated rings. The molecule has 0 spiro atoms. The fourth-order valence-corrected chi connectivity index (χ4v) is 0.720. The van der Waals surface area contributed by atoms with Crippen molar-refractivity contribution in [3.05, 3.63) is 17.7 Å². The second-order valence-corrected chi connectivity index (χ2v) is 2.66. The fourth-order valence-electron chi connectivity index (χ4n) is 0.720. The Bertz CT molecular complexity index is 234. The van der Waals surface area contributed by atoms with Crippen molar-refractivity contribution in [2.24, 2.45) is 5.73 Å². The Hall–Kier alpha value is -1.03. The minimum absolute atomic E-state index is 0.355. The lowest BCUT2D eigenvalue weighted by Gasteiger charge is -2.02. The molecule has 0 unspecified atom stereocenters. The van der Waals surface area contributed by atoms with Gasteiger partial charge in [0.25, 0.3) is 0 Å². The minimum Gasteiger partial charge on any atom is -0.324 e. The lowest BCUT2D eigenvalue weighted by molar-refractivity contribution is 0.740. The van der Waals surface area contributed by atoms with E-state index in [9.17, 15) is 0 Å². The maximum atomic E-state index is 5.35. The van der Waals surface area contributed by atoms with Gasteiger partial charge in [-0.1, -0.05) is 13.8 Å². The molecule has 1 rings (SSSR count). The Morgan fingerprint density at radius 3 is 2.82 bits per heavy atom. The van der Waals surface area contributed by atoms with Gasteiger partial charge < -0.3 is 5.73 Å². The highest BCUT2D eigenvalue weighted by molar-refractivity contribution is 5.00. The van der Waals surface area contributed by atoms with Crippen molar-refractivity contribution in [3.63, 3.8) is 0 Å². The van der Waals surface area contributed by atoms with Crippen molar-refractivity contribution in [1.82, 2.24) is 15.2 Å². The van der Waals surface area contributed by atoms with Gasteiger partial charge in [0.15, 0.2) is 5.82 Å². The van der Waals surface area contributed by atoms with Gasteiger partial charge in [0.2, 0.25) is 0 Å². The second-order valence-electron chi connectivity index (χ2n) is 2.66. The summed E-state index contributed by atoms with van der Waals surface area (Å²) in [6.07, 6.45) is 1.67. The first-order valence-corrected chi connectivity index (χ1v) is 3.62. The van der Waals surface area contributed by atoms with Gasteiger partial charge in [0.05, 0.1) is 18.4 Å². The molecule has 0 aliphatic carbocycles. The SMILES string of the molecule is CC(C)c1cnnc(CN)n1. The van der Waals surface area contributed by atoms with Crippen LogP contribution in [0.3, 0.4) is 0 Å². The van der Waals surface area contributed by atoms with E-state index in [-0.39, 0.29) is 0 Å². The molecule has 4 nitrogen and oxygen atoms in total. The highest BCUT2D eigenvalue weighted by Gasteiger charge is 2.01. The van der Waals surface area contributed by atoms with Crippen LogP contribution in [0.25, 0.3) is 0 Å². The van der Waals surface area contributed by atoms with Crippen LogP contribution in [0.4, 0.5) is 0 Å². The lowest BCUT2D eigenvalue weighted by Crippen LogP contribution is -2.07. The van der Waals surface area contributed by atoms with Crippen LogP contribution in [-0.4, -0.2) is 15.2 Å². The Morgan fingerprint density at radius 1 is 1.55 bits per heavy atom. The first-order chi connectivity index (χ1) is 5.24. The Kier molecular flexibility index (Phi) is 2.48. The molecule has 2 N–H and O–H groups in total. The van der Waals surface area contributed by atoms with Gasteiger partial charge in [-0.15, -0.1) is 5.10 Å². The third-order valence-electron chi connectivity index (χ3n) is 1.40. The van der Waals surface area contributed by atoms with E-state index >= 15 is 0 Å². The maximum absolute atomic E-state index is 5.35. The van der Waals surface area contributed by atoms with Crippen molar-refractivity contribution < 1.29 is 0 Å². The zero-order valence-corrected chi connectivity index (χ0v) is 6.78. The molecule has 60 valence electrons. The molecule has 11 heavy (non-hydrogen) atoms. The van der Waals surface area contributed by atoms with Crippen molar-refractivity contribution in [3.8, 4) is 0 Å². The summed E-state index contributed by atoms with van der Waals surface area (Å²) >= 11 is 0. The number of rotatable bonds is 2. The molecular formula is C7H12N4. The number of hydrogen-bond acceptors (Lipinski definition) is 4. The van der Waals surface area contributed by atoms with E-state index in [1.165, 1.54) is 0 Å². The van der Waals surface area contributed by atoms with E-state index in [1.54, 1.807) is 6.20 Å². The lowest BCUT2D eigenvalue weighted by atomic mass is 10.1. The van der Waals surface area contributed by atoms with Gasteiger partial charge in [-0.05, 0) is 5.92 Å². The van der Waals surface area contributed by atoms with Crippen LogP contribution in [-0.2, 0) is 6.54 Å². The average molecular weight is 152 g/mol. The molecule has 0 radical (unpaired) electrons. The van der Waals surface area contributed by atoms with Crippen molar-refractivity contribution >= 4 is 0 Å². The van der Waals surface area contributed by atoms with E-state index in [1.807, 2.05) is 0 Å². The molecule has 0 saturated heterocycles. The molecule has 1 aromatic rings. The summed E-state index contributed by atoms with van der Waals surface area (Å²) in [4.78, 5) is 4.19. The van der Waals surface area contributed by atoms with Gasteiger partial charge in [-0.3, -0.25) is 0 Å². The zero-order valence-electron chi connectivity index (χ0n) is 6.78. The molecule has 1 heterocycles. The fraction of sp³-hybridized carbons (Fsp3) is 0.571. The molecule has 0 aliphatic heterocycles. The number of hydrogen-bond donors (Lipinski definition) is 1. The highest BCUT2D eigenvalue weighted by Crippen LogP contribution is 2.08. The molecule has 0 amide bonds. The van der Waals surface area contributed by atoms with Crippen LogP contribution in [0.5, 0.6) is 0 Å². The van der Waals surface area contributed by atoms with Crippen molar-refractivity contribution in [2.45, 2.75) is 26.3 Å². The quantitative estimate of drug-likeness (QED) is 0.668. The number of nitrogens with zero attached hydrogens (tertiary/aromatic N) is 3. The number of nitrogens with two attached hydrogens (primary N) is 1. The summed E-state index contributed by atoms with van der Waals surface area (Å²) in [5.41, 5.74) is 6.30. The van der Waals surface area contributed by atoms with Gasteiger partial charge in [0, 0.05) is 0 Å². The van der Waals surface area contributed by atoms with E-state index in [2.05, 4.69) is 29.0 Å². The average Bonchev–Trinajstić information content (AvgIpc) is 2.05. The molecule has 0 aliphatic rings. The summed E-state index contributed by atoms with van der Waals surface area (Å²) in [5.74, 6) is 0.993. The Morgan fingerprint density at radius 2 is 2.27 bits per heavy atom. The zero-order chi connectivity index (χ0) is 8.27. The second kappa shape index (κ2) is 3.39. The molecule has 0 atom stereocenters. The van der Waals surface area contributed by atoms with Crippen LogP contribution in [0.2, 0.25) is 0 Å². The molecule has 4 heteroatoms. The largest absolute Gasteiger partial charge is 0.324 e. The molecule has 0 aromatic carbocycles. The third kappa shape index (κ3) is 1.94. The van der Waals surface area contributed by atoms with Crippen molar-refractivity contribution in [2.75, 3.05) is 0 Å². The van der Waals surface area contributed by atoms with E-state index in [0.29, 0.717) is 18.3 Å². The smallest absolute Gasteiger partial charge is 0.164 e. The van der Waals surface area contributed by atoms with Crippen LogP contribution < -0.4 is 5.73 Å². The predicted octanol–water partition coefficient (Wildman–Crippen LogP) is 0.454. The summed E-state index contributed by atoms with van der Waals surface area (Å²) in [6.45, 7) is 4.47. The maximum Gasteiger partial charge on any atom is 0.164 e. The Labute approximate surface area is 65.9 Å². The van der Waals surface area contributed by atoms with E-state index < -0.39 is 0 Å². The number of aromatic nitrogens is 3. The predicted molar refractivity (Wildman–Crippen MR) is 41.8 cm³/mol. The molecule has 1 aromatic heterocycles. The van der Waals surface area contributed by atoms with Gasteiger partial charge >= 0.3 is 0 Å². The molecule has 0 saturated carbocycles. The highest BCUT2D eigenvalue weighted by atomic mass is 15.1. The summed E-state index contributed by atoms with van der Waals surface area (Å²) < 4.78 is 0. The summed E-state index contributed by atoms with van der Waals surface area (Å²) in [5, 5.41) is 7.54. The first-order valence-electron chi connectivity index (χ1n) is 3.62. The van der Waals surface area contributed by atoms with Crippen LogP contribution >= 0.6 is 0 Å². The van der Waals surface area contributed by atoms with Gasteiger partial charge in [-0.25, -0.2) is 4.98 Å². The van der Waals surface area contributed by atoms with E-state index in [4.69, 9.17) is 5.73 Å². The van der Waals surface area contributed by atoms with E-state index in [0.717, 1.165) is 5.69 Å².